The second-order valence-electron chi connectivity index (χ2n) is 4.52. The predicted molar refractivity (Wildman–Crippen MR) is 58.5 cm³/mol. The first-order chi connectivity index (χ1) is 7.01. The Balaban J connectivity index is 2.39. The lowest BCUT2D eigenvalue weighted by Gasteiger charge is -2.19. The molecule has 0 bridgehead atoms. The number of hydrogen-bond acceptors (Lipinski definition) is 4. The molecule has 0 radical (unpaired) electrons. The topological polar surface area (TPSA) is 52.0 Å². The molecule has 0 saturated carbocycles. The number of rotatable bonds is 5. The van der Waals surface area contributed by atoms with E-state index in [1.54, 1.807) is 18.1 Å². The van der Waals surface area contributed by atoms with Crippen LogP contribution in [0.1, 0.15) is 26.6 Å². The fourth-order valence-electron chi connectivity index (χ4n) is 1.05. The SMILES string of the molecule is COCCn1cnc(CNC(C)(C)C)n1. The summed E-state index contributed by atoms with van der Waals surface area (Å²) in [7, 11) is 1.68. The molecule has 0 aromatic carbocycles. The van der Waals surface area contributed by atoms with Crippen molar-refractivity contribution >= 4 is 0 Å². The molecule has 1 aromatic heterocycles. The quantitative estimate of drug-likeness (QED) is 0.785. The maximum atomic E-state index is 4.97. The molecule has 0 aliphatic rings. The highest BCUT2D eigenvalue weighted by molar-refractivity contribution is 4.83. The van der Waals surface area contributed by atoms with E-state index in [1.165, 1.54) is 0 Å². The molecular formula is C10H20N4O. The molecule has 1 aromatic rings. The fraction of sp³-hybridized carbons (Fsp3) is 0.800. The van der Waals surface area contributed by atoms with E-state index in [0.29, 0.717) is 13.2 Å². The van der Waals surface area contributed by atoms with Gasteiger partial charge in [-0.3, -0.25) is 4.68 Å². The summed E-state index contributed by atoms with van der Waals surface area (Å²) in [6.45, 7) is 8.47. The third kappa shape index (κ3) is 4.90. The molecule has 0 unspecified atom stereocenters. The van der Waals surface area contributed by atoms with Crippen LogP contribution >= 0.6 is 0 Å². The van der Waals surface area contributed by atoms with Crippen LogP contribution in [0.4, 0.5) is 0 Å². The largest absolute Gasteiger partial charge is 0.383 e. The Morgan fingerprint density at radius 3 is 2.80 bits per heavy atom. The molecule has 0 saturated heterocycles. The van der Waals surface area contributed by atoms with Crippen LogP contribution in [0.3, 0.4) is 0 Å². The smallest absolute Gasteiger partial charge is 0.164 e. The molecule has 0 atom stereocenters. The van der Waals surface area contributed by atoms with Crippen molar-refractivity contribution in [1.29, 1.82) is 0 Å². The molecule has 1 heterocycles. The lowest BCUT2D eigenvalue weighted by Crippen LogP contribution is -2.35. The summed E-state index contributed by atoms with van der Waals surface area (Å²) < 4.78 is 6.76. The van der Waals surface area contributed by atoms with Crippen LogP contribution in [0.5, 0.6) is 0 Å². The lowest BCUT2D eigenvalue weighted by atomic mass is 10.1. The number of aromatic nitrogens is 3. The highest BCUT2D eigenvalue weighted by atomic mass is 16.5. The molecule has 86 valence electrons. The van der Waals surface area contributed by atoms with Crippen LogP contribution in [-0.4, -0.2) is 34.0 Å². The number of methoxy groups -OCH3 is 1. The Bertz CT molecular complexity index is 290. The monoisotopic (exact) mass is 212 g/mol. The number of nitrogens with one attached hydrogen (secondary N) is 1. The van der Waals surface area contributed by atoms with Crippen LogP contribution in [-0.2, 0) is 17.8 Å². The van der Waals surface area contributed by atoms with Gasteiger partial charge < -0.3 is 10.1 Å². The molecule has 0 aliphatic heterocycles. The van der Waals surface area contributed by atoms with Gasteiger partial charge in [-0.15, -0.1) is 0 Å². The van der Waals surface area contributed by atoms with Crippen molar-refractivity contribution in [2.45, 2.75) is 39.4 Å². The van der Waals surface area contributed by atoms with Crippen LogP contribution < -0.4 is 5.32 Å². The van der Waals surface area contributed by atoms with Gasteiger partial charge in [0.1, 0.15) is 6.33 Å². The molecule has 5 nitrogen and oxygen atoms in total. The normalized spacial score (nSPS) is 12.0. The van der Waals surface area contributed by atoms with Gasteiger partial charge in [-0.25, -0.2) is 4.98 Å². The van der Waals surface area contributed by atoms with E-state index in [4.69, 9.17) is 4.74 Å². The van der Waals surface area contributed by atoms with Crippen molar-refractivity contribution in [2.75, 3.05) is 13.7 Å². The minimum atomic E-state index is 0.0952. The van der Waals surface area contributed by atoms with Gasteiger partial charge in [-0.05, 0) is 20.8 Å². The van der Waals surface area contributed by atoms with Crippen molar-refractivity contribution < 1.29 is 4.74 Å². The van der Waals surface area contributed by atoms with Crippen LogP contribution in [0, 0.1) is 0 Å². The van der Waals surface area contributed by atoms with Gasteiger partial charge in [0.2, 0.25) is 0 Å². The highest BCUT2D eigenvalue weighted by Gasteiger charge is 2.10. The summed E-state index contributed by atoms with van der Waals surface area (Å²) in [4.78, 5) is 4.21. The minimum Gasteiger partial charge on any atom is -0.383 e. The van der Waals surface area contributed by atoms with E-state index < -0.39 is 0 Å². The summed E-state index contributed by atoms with van der Waals surface area (Å²) >= 11 is 0. The summed E-state index contributed by atoms with van der Waals surface area (Å²) in [5, 5.41) is 7.65. The zero-order valence-electron chi connectivity index (χ0n) is 9.95. The van der Waals surface area contributed by atoms with Gasteiger partial charge >= 0.3 is 0 Å². The summed E-state index contributed by atoms with van der Waals surface area (Å²) in [5.41, 5.74) is 0.0952. The average Bonchev–Trinajstić information content (AvgIpc) is 2.58. The molecule has 1 N–H and O–H groups in total. The van der Waals surface area contributed by atoms with Crippen molar-refractivity contribution in [3.8, 4) is 0 Å². The molecule has 1 rings (SSSR count). The Morgan fingerprint density at radius 1 is 1.47 bits per heavy atom. The Hall–Kier alpha value is -0.940. The van der Waals surface area contributed by atoms with Crippen molar-refractivity contribution in [3.63, 3.8) is 0 Å². The second kappa shape index (κ2) is 5.23. The van der Waals surface area contributed by atoms with Crippen molar-refractivity contribution in [1.82, 2.24) is 20.1 Å². The van der Waals surface area contributed by atoms with Crippen molar-refractivity contribution in [3.05, 3.63) is 12.2 Å². The molecule has 0 spiro atoms. The second-order valence-corrected chi connectivity index (χ2v) is 4.52. The number of ether oxygens (including phenoxy) is 1. The number of nitrogens with zero attached hydrogens (tertiary/aromatic N) is 3. The first-order valence-corrected chi connectivity index (χ1v) is 5.13. The van der Waals surface area contributed by atoms with Gasteiger partial charge in [0.05, 0.1) is 19.7 Å². The third-order valence-corrected chi connectivity index (χ3v) is 1.89. The van der Waals surface area contributed by atoms with Gasteiger partial charge in [-0.2, -0.15) is 5.10 Å². The zero-order chi connectivity index (χ0) is 11.3. The van der Waals surface area contributed by atoms with Gasteiger partial charge in [0, 0.05) is 12.6 Å². The summed E-state index contributed by atoms with van der Waals surface area (Å²) in [5.74, 6) is 0.820. The molecule has 0 amide bonds. The van der Waals surface area contributed by atoms with Crippen LogP contribution in [0.15, 0.2) is 6.33 Å². The average molecular weight is 212 g/mol. The maximum absolute atomic E-state index is 4.97. The Labute approximate surface area is 90.8 Å². The van der Waals surface area contributed by atoms with Gasteiger partial charge in [0.15, 0.2) is 5.82 Å². The first kappa shape index (κ1) is 12.1. The maximum Gasteiger partial charge on any atom is 0.164 e. The minimum absolute atomic E-state index is 0.0952. The predicted octanol–water partition coefficient (Wildman–Crippen LogP) is 0.813. The Kier molecular flexibility index (Phi) is 4.23. The number of hydrogen-bond donors (Lipinski definition) is 1. The third-order valence-electron chi connectivity index (χ3n) is 1.89. The molecule has 0 aliphatic carbocycles. The summed E-state index contributed by atoms with van der Waals surface area (Å²) in [6, 6.07) is 0. The van der Waals surface area contributed by atoms with E-state index in [2.05, 4.69) is 36.2 Å². The van der Waals surface area contributed by atoms with Gasteiger partial charge in [-0.1, -0.05) is 0 Å². The van der Waals surface area contributed by atoms with Crippen LogP contribution in [0.2, 0.25) is 0 Å². The van der Waals surface area contributed by atoms with E-state index in [-0.39, 0.29) is 5.54 Å². The fourth-order valence-corrected chi connectivity index (χ4v) is 1.05. The van der Waals surface area contributed by atoms with E-state index in [1.807, 2.05) is 0 Å². The first-order valence-electron chi connectivity index (χ1n) is 5.13. The lowest BCUT2D eigenvalue weighted by molar-refractivity contribution is 0.183. The van der Waals surface area contributed by atoms with Gasteiger partial charge in [0.25, 0.3) is 0 Å². The highest BCUT2D eigenvalue weighted by Crippen LogP contribution is 2.00. The zero-order valence-corrected chi connectivity index (χ0v) is 9.95. The molecule has 0 fully saturated rings. The van der Waals surface area contributed by atoms with E-state index in [0.717, 1.165) is 12.4 Å². The Morgan fingerprint density at radius 2 is 2.20 bits per heavy atom. The van der Waals surface area contributed by atoms with E-state index >= 15 is 0 Å². The van der Waals surface area contributed by atoms with Crippen molar-refractivity contribution in [2.24, 2.45) is 0 Å². The van der Waals surface area contributed by atoms with Crippen LogP contribution in [0.25, 0.3) is 0 Å². The summed E-state index contributed by atoms with van der Waals surface area (Å²) in [6.07, 6.45) is 1.73. The standard InChI is InChI=1S/C10H20N4O/c1-10(2,3)12-7-9-11-8-14(13-9)5-6-15-4/h8,12H,5-7H2,1-4H3. The molecule has 5 heteroatoms. The molecular weight excluding hydrogens is 192 g/mol. The molecule has 15 heavy (non-hydrogen) atoms. The van der Waals surface area contributed by atoms with E-state index in [9.17, 15) is 0 Å².